The summed E-state index contributed by atoms with van der Waals surface area (Å²) in [5.74, 6) is 1.13. The lowest BCUT2D eigenvalue weighted by atomic mass is 9.99. The zero-order chi connectivity index (χ0) is 20.5. The van der Waals surface area contributed by atoms with Gasteiger partial charge in [-0.3, -0.25) is 5.32 Å². The Balaban J connectivity index is 2.28. The number of rotatable bonds is 7. The number of carbonyl (C=O) groups excluding carboxylic acids is 1. The van der Waals surface area contributed by atoms with Gasteiger partial charge in [-0.05, 0) is 24.5 Å². The molecule has 1 heterocycles. The van der Waals surface area contributed by atoms with Crippen LogP contribution in [-0.2, 0) is 0 Å². The van der Waals surface area contributed by atoms with E-state index in [1.807, 2.05) is 36.4 Å². The summed E-state index contributed by atoms with van der Waals surface area (Å²) in [6.45, 7) is 4.12. The van der Waals surface area contributed by atoms with E-state index in [0.717, 1.165) is 17.7 Å². The van der Waals surface area contributed by atoms with Gasteiger partial charge in [-0.1, -0.05) is 32.0 Å². The number of para-hydroxylation sites is 1. The molecule has 1 atom stereocenters. The van der Waals surface area contributed by atoms with Crippen molar-refractivity contribution in [3.05, 3.63) is 60.1 Å². The number of urea groups is 1. The lowest BCUT2D eigenvalue weighted by Gasteiger charge is -2.17. The van der Waals surface area contributed by atoms with Crippen LogP contribution in [0.2, 0.25) is 0 Å². The van der Waals surface area contributed by atoms with E-state index in [-0.39, 0.29) is 17.7 Å². The van der Waals surface area contributed by atoms with Crippen molar-refractivity contribution in [1.29, 1.82) is 5.26 Å². The number of ether oxygens (including phenoxy) is 1. The summed E-state index contributed by atoms with van der Waals surface area (Å²) in [4.78, 5) is 17.6. The Bertz CT molecular complexity index is 872. The number of allylic oxidation sites excluding steroid dienone is 1. The minimum atomic E-state index is -0.295. The number of carbonyl (C=O) groups is 1. The number of nitrogens with zero attached hydrogens (tertiary/aromatic N) is 3. The summed E-state index contributed by atoms with van der Waals surface area (Å²) in [7, 11) is 3.29. The molecule has 2 N–H and O–H groups in total. The van der Waals surface area contributed by atoms with Crippen molar-refractivity contribution in [3.8, 4) is 11.8 Å². The van der Waals surface area contributed by atoms with Gasteiger partial charge in [-0.25, -0.2) is 9.78 Å². The normalized spacial score (nSPS) is 11.9. The predicted molar refractivity (Wildman–Crippen MR) is 110 cm³/mol. The fourth-order valence-corrected chi connectivity index (χ4v) is 2.30. The minimum absolute atomic E-state index is 0.101. The second kappa shape index (κ2) is 9.97. The molecule has 2 aromatic rings. The smallest absolute Gasteiger partial charge is 0.322 e. The average molecular weight is 379 g/mol. The molecule has 0 spiro atoms. The zero-order valence-corrected chi connectivity index (χ0v) is 16.6. The number of benzene rings is 1. The maximum Gasteiger partial charge on any atom is 0.322 e. The molecule has 0 fully saturated rings. The summed E-state index contributed by atoms with van der Waals surface area (Å²) in [6.07, 6.45) is 4.07. The Kier molecular flexibility index (Phi) is 7.40. The first-order valence-electron chi connectivity index (χ1n) is 9.02. The molecule has 0 aliphatic carbocycles. The highest BCUT2D eigenvalue weighted by Gasteiger charge is 2.15. The first-order valence-corrected chi connectivity index (χ1v) is 9.02. The standard InChI is InChI=1S/C21H25N5O2/c1-5-15(2)18-14-24-20(25-21(27)26(3)4)11-19(18)28-17(12-22)13-23-16-9-7-6-8-10-16/h6-11,13-15,23H,5H2,1-4H3,(H,24,25,27)/b17-13+. The molecule has 1 aromatic heterocycles. The lowest BCUT2D eigenvalue weighted by molar-refractivity contribution is 0.230. The maximum absolute atomic E-state index is 11.9. The van der Waals surface area contributed by atoms with Gasteiger partial charge in [0, 0.05) is 37.6 Å². The van der Waals surface area contributed by atoms with Gasteiger partial charge in [0.05, 0.1) is 6.20 Å². The van der Waals surface area contributed by atoms with Gasteiger partial charge in [0.15, 0.2) is 0 Å². The van der Waals surface area contributed by atoms with E-state index in [1.54, 1.807) is 26.4 Å². The number of pyridine rings is 1. The van der Waals surface area contributed by atoms with Gasteiger partial charge in [0.2, 0.25) is 5.76 Å². The average Bonchev–Trinajstić information content (AvgIpc) is 2.71. The van der Waals surface area contributed by atoms with Crippen LogP contribution in [-0.4, -0.2) is 30.0 Å². The Morgan fingerprint density at radius 2 is 2.07 bits per heavy atom. The first kappa shape index (κ1) is 20.8. The van der Waals surface area contributed by atoms with Crippen LogP contribution in [0.1, 0.15) is 31.7 Å². The third kappa shape index (κ3) is 5.74. The van der Waals surface area contributed by atoms with E-state index in [2.05, 4.69) is 29.5 Å². The Hall–Kier alpha value is -3.53. The van der Waals surface area contributed by atoms with E-state index in [9.17, 15) is 10.1 Å². The fraction of sp³-hybridized carbons (Fsp3) is 0.286. The minimum Gasteiger partial charge on any atom is -0.444 e. The van der Waals surface area contributed by atoms with Gasteiger partial charge < -0.3 is 15.0 Å². The van der Waals surface area contributed by atoms with Crippen molar-refractivity contribution in [3.63, 3.8) is 0 Å². The van der Waals surface area contributed by atoms with Crippen molar-refractivity contribution in [2.24, 2.45) is 0 Å². The summed E-state index contributed by atoms with van der Waals surface area (Å²) < 4.78 is 5.85. The second-order valence-corrected chi connectivity index (χ2v) is 6.47. The molecule has 1 unspecified atom stereocenters. The highest BCUT2D eigenvalue weighted by Crippen LogP contribution is 2.31. The van der Waals surface area contributed by atoms with Gasteiger partial charge in [0.1, 0.15) is 17.6 Å². The molecule has 2 rings (SSSR count). The molecular weight excluding hydrogens is 354 g/mol. The molecule has 0 aliphatic heterocycles. The van der Waals surface area contributed by atoms with Crippen LogP contribution in [0.25, 0.3) is 0 Å². The van der Waals surface area contributed by atoms with Gasteiger partial charge in [-0.2, -0.15) is 5.26 Å². The molecule has 0 bridgehead atoms. The molecule has 146 valence electrons. The van der Waals surface area contributed by atoms with Crippen molar-refractivity contribution in [2.75, 3.05) is 24.7 Å². The number of hydrogen-bond donors (Lipinski definition) is 2. The van der Waals surface area contributed by atoms with Crippen LogP contribution in [0.5, 0.6) is 5.75 Å². The topological polar surface area (TPSA) is 90.3 Å². The van der Waals surface area contributed by atoms with Crippen LogP contribution in [0.15, 0.2) is 54.6 Å². The SMILES string of the molecule is CCC(C)c1cnc(NC(=O)N(C)C)cc1O/C(C#N)=C/Nc1ccccc1. The van der Waals surface area contributed by atoms with Crippen LogP contribution in [0, 0.1) is 11.3 Å². The molecule has 1 aromatic carbocycles. The van der Waals surface area contributed by atoms with E-state index in [4.69, 9.17) is 4.74 Å². The van der Waals surface area contributed by atoms with Crippen LogP contribution in [0.3, 0.4) is 0 Å². The zero-order valence-electron chi connectivity index (χ0n) is 16.6. The fourth-order valence-electron chi connectivity index (χ4n) is 2.30. The van der Waals surface area contributed by atoms with E-state index < -0.39 is 0 Å². The molecule has 0 aliphatic rings. The quantitative estimate of drug-likeness (QED) is 0.544. The number of aromatic nitrogens is 1. The van der Waals surface area contributed by atoms with Crippen molar-refractivity contribution < 1.29 is 9.53 Å². The molecule has 0 saturated heterocycles. The van der Waals surface area contributed by atoms with Gasteiger partial charge in [0.25, 0.3) is 0 Å². The second-order valence-electron chi connectivity index (χ2n) is 6.47. The Morgan fingerprint density at radius 3 is 2.68 bits per heavy atom. The molecule has 2 amide bonds. The summed E-state index contributed by atoms with van der Waals surface area (Å²) in [5, 5.41) is 15.2. The number of amides is 2. The summed E-state index contributed by atoms with van der Waals surface area (Å²) in [6, 6.07) is 12.9. The molecule has 28 heavy (non-hydrogen) atoms. The highest BCUT2D eigenvalue weighted by molar-refractivity contribution is 5.88. The first-order chi connectivity index (χ1) is 13.4. The Morgan fingerprint density at radius 1 is 1.36 bits per heavy atom. The molecule has 0 radical (unpaired) electrons. The predicted octanol–water partition coefficient (Wildman–Crippen LogP) is 4.54. The highest BCUT2D eigenvalue weighted by atomic mass is 16.5. The van der Waals surface area contributed by atoms with E-state index >= 15 is 0 Å². The number of hydrogen-bond acceptors (Lipinski definition) is 5. The van der Waals surface area contributed by atoms with Crippen LogP contribution in [0.4, 0.5) is 16.3 Å². The van der Waals surface area contributed by atoms with E-state index in [0.29, 0.717) is 11.6 Å². The van der Waals surface area contributed by atoms with Crippen molar-refractivity contribution >= 4 is 17.5 Å². The largest absolute Gasteiger partial charge is 0.444 e. The van der Waals surface area contributed by atoms with Gasteiger partial charge in [-0.15, -0.1) is 0 Å². The van der Waals surface area contributed by atoms with Crippen molar-refractivity contribution in [2.45, 2.75) is 26.2 Å². The summed E-state index contributed by atoms with van der Waals surface area (Å²) in [5.41, 5.74) is 1.71. The lowest BCUT2D eigenvalue weighted by Crippen LogP contribution is -2.27. The third-order valence-electron chi connectivity index (χ3n) is 4.15. The van der Waals surface area contributed by atoms with Crippen molar-refractivity contribution in [1.82, 2.24) is 9.88 Å². The third-order valence-corrected chi connectivity index (χ3v) is 4.15. The maximum atomic E-state index is 11.9. The molecule has 7 nitrogen and oxygen atoms in total. The van der Waals surface area contributed by atoms with Crippen LogP contribution < -0.4 is 15.4 Å². The van der Waals surface area contributed by atoms with E-state index in [1.165, 1.54) is 11.1 Å². The molecular formula is C21H25N5O2. The Labute approximate surface area is 165 Å². The monoisotopic (exact) mass is 379 g/mol. The number of anilines is 2. The van der Waals surface area contributed by atoms with Crippen LogP contribution >= 0.6 is 0 Å². The van der Waals surface area contributed by atoms with Gasteiger partial charge >= 0.3 is 6.03 Å². The molecule has 7 heteroatoms. The number of nitriles is 1. The summed E-state index contributed by atoms with van der Waals surface area (Å²) >= 11 is 0. The number of nitrogens with one attached hydrogen (secondary N) is 2. The molecule has 0 saturated carbocycles.